The Bertz CT molecular complexity index is 680. The van der Waals surface area contributed by atoms with Crippen LogP contribution in [0.4, 0.5) is 8.78 Å². The van der Waals surface area contributed by atoms with Crippen LogP contribution in [0.1, 0.15) is 9.67 Å². The van der Waals surface area contributed by atoms with Gasteiger partial charge in [-0.3, -0.25) is 0 Å². The molecule has 1 heterocycles. The van der Waals surface area contributed by atoms with E-state index in [1.165, 1.54) is 13.2 Å². The van der Waals surface area contributed by atoms with Crippen molar-refractivity contribution in [2.24, 2.45) is 0 Å². The van der Waals surface area contributed by atoms with Crippen LogP contribution in [0.5, 0.6) is 10.9 Å². The lowest BCUT2D eigenvalue weighted by Gasteiger charge is -2.04. The maximum absolute atomic E-state index is 13.5. The van der Waals surface area contributed by atoms with Crippen LogP contribution in [0, 0.1) is 11.6 Å². The van der Waals surface area contributed by atoms with E-state index in [0.717, 1.165) is 17.4 Å². The fourth-order valence-electron chi connectivity index (χ4n) is 1.25. The van der Waals surface area contributed by atoms with Crippen LogP contribution < -0.4 is 4.74 Å². The van der Waals surface area contributed by atoms with Gasteiger partial charge in [-0.2, -0.15) is 9.37 Å². The van der Waals surface area contributed by atoms with Crippen molar-refractivity contribution in [1.82, 2.24) is 4.98 Å². The van der Waals surface area contributed by atoms with Gasteiger partial charge in [0.25, 0.3) is 5.19 Å². The summed E-state index contributed by atoms with van der Waals surface area (Å²) < 4.78 is 36.6. The third-order valence-corrected chi connectivity index (χ3v) is 3.85. The van der Waals surface area contributed by atoms with Gasteiger partial charge in [0, 0.05) is 4.47 Å². The third kappa shape index (κ3) is 3.08. The molecule has 0 fully saturated rings. The van der Waals surface area contributed by atoms with Crippen LogP contribution in [0.2, 0.25) is 5.15 Å². The van der Waals surface area contributed by atoms with Crippen LogP contribution in [-0.2, 0) is 4.74 Å². The molecule has 0 aliphatic carbocycles. The average molecular weight is 385 g/mol. The second-order valence-corrected chi connectivity index (χ2v) is 5.63. The molecule has 2 aromatic rings. The second kappa shape index (κ2) is 6.02. The van der Waals surface area contributed by atoms with E-state index in [4.69, 9.17) is 16.3 Å². The van der Waals surface area contributed by atoms with Gasteiger partial charge in [0.2, 0.25) is 5.82 Å². The number of hydrogen-bond acceptors (Lipinski definition) is 5. The van der Waals surface area contributed by atoms with E-state index in [-0.39, 0.29) is 21.0 Å². The maximum Gasteiger partial charge on any atom is 0.351 e. The summed E-state index contributed by atoms with van der Waals surface area (Å²) in [6.07, 6.45) is 0. The molecule has 0 amide bonds. The highest BCUT2D eigenvalue weighted by molar-refractivity contribution is 9.10. The summed E-state index contributed by atoms with van der Waals surface area (Å²) in [6.45, 7) is 0. The largest absolute Gasteiger partial charge is 0.465 e. The zero-order valence-electron chi connectivity index (χ0n) is 9.75. The number of nitrogens with zero attached hydrogens (tertiary/aromatic N) is 1. The zero-order chi connectivity index (χ0) is 14.9. The van der Waals surface area contributed by atoms with Crippen LogP contribution in [-0.4, -0.2) is 18.1 Å². The molecule has 0 saturated carbocycles. The first-order chi connectivity index (χ1) is 9.42. The molecule has 0 unspecified atom stereocenters. The Hall–Kier alpha value is -1.25. The second-order valence-electron chi connectivity index (χ2n) is 3.39. The molecule has 1 aromatic heterocycles. The van der Waals surface area contributed by atoms with Gasteiger partial charge in [0.05, 0.1) is 7.11 Å². The van der Waals surface area contributed by atoms with Crippen molar-refractivity contribution in [2.45, 2.75) is 0 Å². The van der Waals surface area contributed by atoms with Gasteiger partial charge in [0.1, 0.15) is 0 Å². The minimum absolute atomic E-state index is 0.0139. The summed E-state index contributed by atoms with van der Waals surface area (Å²) in [5.74, 6) is -3.31. The van der Waals surface area contributed by atoms with Crippen molar-refractivity contribution in [3.8, 4) is 10.9 Å². The van der Waals surface area contributed by atoms with E-state index in [0.29, 0.717) is 4.47 Å². The predicted octanol–water partition coefficient (Wildman–Crippen LogP) is 4.42. The quantitative estimate of drug-likeness (QED) is 0.581. The number of benzene rings is 1. The van der Waals surface area contributed by atoms with Crippen LogP contribution in [0.25, 0.3) is 0 Å². The van der Waals surface area contributed by atoms with E-state index >= 15 is 0 Å². The van der Waals surface area contributed by atoms with Crippen molar-refractivity contribution in [2.75, 3.05) is 7.11 Å². The minimum Gasteiger partial charge on any atom is -0.465 e. The number of aromatic nitrogens is 1. The van der Waals surface area contributed by atoms with Gasteiger partial charge in [-0.05, 0) is 12.1 Å². The third-order valence-electron chi connectivity index (χ3n) is 2.09. The van der Waals surface area contributed by atoms with Crippen LogP contribution >= 0.6 is 38.9 Å². The first-order valence-corrected chi connectivity index (χ1v) is 6.98. The number of rotatable bonds is 3. The predicted molar refractivity (Wildman–Crippen MR) is 72.6 cm³/mol. The molecule has 0 saturated heterocycles. The smallest absolute Gasteiger partial charge is 0.351 e. The Morgan fingerprint density at radius 2 is 2.15 bits per heavy atom. The van der Waals surface area contributed by atoms with E-state index < -0.39 is 17.6 Å². The zero-order valence-corrected chi connectivity index (χ0v) is 12.9. The van der Waals surface area contributed by atoms with Crippen molar-refractivity contribution in [3.05, 3.63) is 38.3 Å². The summed E-state index contributed by atoms with van der Waals surface area (Å²) in [5, 5.41) is -0.237. The number of thiazole rings is 1. The summed E-state index contributed by atoms with van der Waals surface area (Å²) in [6, 6.07) is 2.18. The molecule has 106 valence electrons. The minimum atomic E-state index is -1.17. The molecule has 0 N–H and O–H groups in total. The monoisotopic (exact) mass is 383 g/mol. The van der Waals surface area contributed by atoms with Gasteiger partial charge in [-0.15, -0.1) is 0 Å². The fraction of sp³-hybridized carbons (Fsp3) is 0.0909. The number of esters is 1. The molecular weight excluding hydrogens is 380 g/mol. The highest BCUT2D eigenvalue weighted by Crippen LogP contribution is 2.35. The van der Waals surface area contributed by atoms with E-state index in [2.05, 4.69) is 25.7 Å². The molecule has 1 aromatic carbocycles. The van der Waals surface area contributed by atoms with Gasteiger partial charge in [-0.1, -0.05) is 38.9 Å². The Kier molecular flexibility index (Phi) is 4.56. The molecule has 4 nitrogen and oxygen atoms in total. The van der Waals surface area contributed by atoms with Crippen LogP contribution in [0.3, 0.4) is 0 Å². The van der Waals surface area contributed by atoms with Gasteiger partial charge >= 0.3 is 5.97 Å². The topological polar surface area (TPSA) is 48.4 Å². The SMILES string of the molecule is COC(=O)c1sc(Oc2cc(Br)cc(F)c2F)nc1Cl. The van der Waals surface area contributed by atoms with Gasteiger partial charge < -0.3 is 9.47 Å². The Balaban J connectivity index is 2.34. The van der Waals surface area contributed by atoms with Crippen molar-refractivity contribution in [3.63, 3.8) is 0 Å². The molecule has 9 heteroatoms. The summed E-state index contributed by atoms with van der Waals surface area (Å²) >= 11 is 9.50. The number of carbonyl (C=O) groups excluding carboxylic acids is 1. The lowest BCUT2D eigenvalue weighted by molar-refractivity contribution is 0.0606. The first kappa shape index (κ1) is 15.1. The normalized spacial score (nSPS) is 10.4. The van der Waals surface area contributed by atoms with Crippen molar-refractivity contribution in [1.29, 1.82) is 0 Å². The molecule has 2 rings (SSSR count). The Morgan fingerprint density at radius 3 is 2.80 bits per heavy atom. The molecule has 20 heavy (non-hydrogen) atoms. The Morgan fingerprint density at radius 1 is 1.45 bits per heavy atom. The molecule has 0 aliphatic rings. The molecule has 0 spiro atoms. The van der Waals surface area contributed by atoms with Crippen molar-refractivity contribution < 1.29 is 23.0 Å². The van der Waals surface area contributed by atoms with E-state index in [1.807, 2.05) is 0 Å². The molecule has 0 aliphatic heterocycles. The number of methoxy groups -OCH3 is 1. The molecule has 0 radical (unpaired) electrons. The number of hydrogen-bond donors (Lipinski definition) is 0. The summed E-state index contributed by atoms with van der Waals surface area (Å²) in [7, 11) is 1.18. The average Bonchev–Trinajstić information content (AvgIpc) is 2.75. The highest BCUT2D eigenvalue weighted by Gasteiger charge is 2.20. The highest BCUT2D eigenvalue weighted by atomic mass is 79.9. The summed E-state index contributed by atoms with van der Waals surface area (Å²) in [5.41, 5.74) is 0. The molecule has 0 bridgehead atoms. The number of halogens is 4. The molecular formula is C11H5BrClF2NO3S. The first-order valence-electron chi connectivity index (χ1n) is 4.99. The number of ether oxygens (including phenoxy) is 2. The van der Waals surface area contributed by atoms with Gasteiger partial charge in [-0.25, -0.2) is 9.18 Å². The Labute approximate surface area is 129 Å². The fourth-order valence-corrected chi connectivity index (χ4v) is 2.71. The summed E-state index contributed by atoms with van der Waals surface area (Å²) in [4.78, 5) is 15.1. The number of carbonyl (C=O) groups is 1. The van der Waals surface area contributed by atoms with Gasteiger partial charge in [0.15, 0.2) is 21.6 Å². The standard InChI is InChI=1S/C11H5BrClF2NO3S/c1-18-10(17)8-9(13)16-11(20-8)19-6-3-4(12)2-5(14)7(6)15/h2-3H,1H3. The van der Waals surface area contributed by atoms with E-state index in [1.54, 1.807) is 0 Å². The van der Waals surface area contributed by atoms with Crippen LogP contribution in [0.15, 0.2) is 16.6 Å². The lowest BCUT2D eigenvalue weighted by atomic mass is 10.3. The lowest BCUT2D eigenvalue weighted by Crippen LogP contribution is -1.98. The molecule has 0 atom stereocenters. The van der Waals surface area contributed by atoms with Crippen molar-refractivity contribution >= 4 is 44.8 Å². The van der Waals surface area contributed by atoms with E-state index in [9.17, 15) is 13.6 Å². The maximum atomic E-state index is 13.5.